The van der Waals surface area contributed by atoms with Crippen LogP contribution in [0, 0.1) is 0 Å². The number of nitrogens with one attached hydrogen (secondary N) is 1. The number of carbonyl (C=O) groups is 2. The molecule has 6 nitrogen and oxygen atoms in total. The number of piperidine rings is 1. The first kappa shape index (κ1) is 17.7. The summed E-state index contributed by atoms with van der Waals surface area (Å²) in [4.78, 5) is 27.9. The summed E-state index contributed by atoms with van der Waals surface area (Å²) in [5.41, 5.74) is 2.02. The lowest BCUT2D eigenvalue weighted by Gasteiger charge is -2.34. The summed E-state index contributed by atoms with van der Waals surface area (Å²) in [6, 6.07) is 8.04. The van der Waals surface area contributed by atoms with Crippen LogP contribution in [0.3, 0.4) is 0 Å². The fourth-order valence-electron chi connectivity index (χ4n) is 3.52. The van der Waals surface area contributed by atoms with Crippen LogP contribution >= 0.6 is 0 Å². The minimum absolute atomic E-state index is 0.0387. The lowest BCUT2D eigenvalue weighted by atomic mass is 9.91. The molecule has 1 atom stereocenters. The average molecular weight is 345 g/mol. The SMILES string of the molecule is CCOC(=O)N1CCN(C(=O)c2ccc([C@H]3CCCNC3)cc2)CC1. The molecule has 2 aliphatic rings. The van der Waals surface area contributed by atoms with E-state index in [4.69, 9.17) is 4.74 Å². The monoisotopic (exact) mass is 345 g/mol. The molecule has 2 heterocycles. The van der Waals surface area contributed by atoms with Crippen LogP contribution in [0.15, 0.2) is 24.3 Å². The van der Waals surface area contributed by atoms with Crippen molar-refractivity contribution in [3.8, 4) is 0 Å². The Morgan fingerprint density at radius 2 is 1.80 bits per heavy atom. The third kappa shape index (κ3) is 4.31. The van der Waals surface area contributed by atoms with Crippen molar-refractivity contribution in [3.05, 3.63) is 35.4 Å². The van der Waals surface area contributed by atoms with E-state index in [0.717, 1.165) is 18.7 Å². The Hall–Kier alpha value is -2.08. The first-order chi connectivity index (χ1) is 12.2. The molecule has 136 valence electrons. The Morgan fingerprint density at radius 1 is 1.12 bits per heavy atom. The standard InChI is InChI=1S/C19H27N3O3/c1-2-25-19(24)22-12-10-21(11-13-22)18(23)16-7-5-15(6-8-16)17-4-3-9-20-14-17/h5-8,17,20H,2-4,9-14H2,1H3/t17-/m0/s1. The maximum Gasteiger partial charge on any atom is 0.409 e. The van der Waals surface area contributed by atoms with Gasteiger partial charge >= 0.3 is 6.09 Å². The smallest absolute Gasteiger partial charge is 0.409 e. The van der Waals surface area contributed by atoms with Crippen molar-refractivity contribution >= 4 is 12.0 Å². The molecule has 1 aromatic rings. The molecule has 2 aliphatic heterocycles. The van der Waals surface area contributed by atoms with Crippen LogP contribution in [0.4, 0.5) is 4.79 Å². The molecule has 1 N–H and O–H groups in total. The summed E-state index contributed by atoms with van der Waals surface area (Å²) in [7, 11) is 0. The molecular weight excluding hydrogens is 318 g/mol. The molecule has 0 saturated carbocycles. The van der Waals surface area contributed by atoms with Gasteiger partial charge in [0.25, 0.3) is 5.91 Å². The average Bonchev–Trinajstić information content (AvgIpc) is 2.68. The fraction of sp³-hybridized carbons (Fsp3) is 0.579. The number of ether oxygens (including phenoxy) is 1. The maximum atomic E-state index is 12.7. The molecular formula is C19H27N3O3. The van der Waals surface area contributed by atoms with Crippen molar-refractivity contribution in [2.45, 2.75) is 25.7 Å². The summed E-state index contributed by atoms with van der Waals surface area (Å²) < 4.78 is 5.01. The van der Waals surface area contributed by atoms with E-state index < -0.39 is 0 Å². The summed E-state index contributed by atoms with van der Waals surface area (Å²) in [6.45, 7) is 6.43. The van der Waals surface area contributed by atoms with Gasteiger partial charge in [-0.3, -0.25) is 4.79 Å². The second-order valence-corrected chi connectivity index (χ2v) is 6.64. The lowest BCUT2D eigenvalue weighted by Crippen LogP contribution is -2.50. The van der Waals surface area contributed by atoms with E-state index in [2.05, 4.69) is 17.4 Å². The number of carbonyl (C=O) groups excluding carboxylic acids is 2. The second-order valence-electron chi connectivity index (χ2n) is 6.64. The van der Waals surface area contributed by atoms with E-state index in [1.54, 1.807) is 11.8 Å². The van der Waals surface area contributed by atoms with E-state index in [1.807, 2.05) is 17.0 Å². The van der Waals surface area contributed by atoms with Gasteiger partial charge in [-0.1, -0.05) is 12.1 Å². The van der Waals surface area contributed by atoms with Crippen LogP contribution in [-0.2, 0) is 4.74 Å². The van der Waals surface area contributed by atoms with Gasteiger partial charge in [-0.05, 0) is 49.9 Å². The molecule has 2 saturated heterocycles. The van der Waals surface area contributed by atoms with Crippen molar-refractivity contribution in [3.63, 3.8) is 0 Å². The Balaban J connectivity index is 1.55. The zero-order chi connectivity index (χ0) is 17.6. The van der Waals surface area contributed by atoms with Gasteiger partial charge < -0.3 is 19.9 Å². The zero-order valence-corrected chi connectivity index (χ0v) is 14.9. The minimum Gasteiger partial charge on any atom is -0.450 e. The van der Waals surface area contributed by atoms with Gasteiger partial charge in [-0.25, -0.2) is 4.79 Å². The molecule has 1 aromatic carbocycles. The normalized spacial score (nSPS) is 21.1. The predicted molar refractivity (Wildman–Crippen MR) is 95.8 cm³/mol. The highest BCUT2D eigenvalue weighted by Crippen LogP contribution is 2.23. The van der Waals surface area contributed by atoms with E-state index in [-0.39, 0.29) is 12.0 Å². The minimum atomic E-state index is -0.292. The Bertz CT molecular complexity index is 588. The number of hydrogen-bond acceptors (Lipinski definition) is 4. The summed E-state index contributed by atoms with van der Waals surface area (Å²) in [5, 5.41) is 3.43. The van der Waals surface area contributed by atoms with Crippen molar-refractivity contribution in [1.29, 1.82) is 0 Å². The highest BCUT2D eigenvalue weighted by atomic mass is 16.6. The van der Waals surface area contributed by atoms with E-state index in [0.29, 0.717) is 38.7 Å². The largest absolute Gasteiger partial charge is 0.450 e. The lowest BCUT2D eigenvalue weighted by molar-refractivity contribution is 0.0570. The van der Waals surface area contributed by atoms with Crippen molar-refractivity contribution < 1.29 is 14.3 Å². The molecule has 2 amide bonds. The maximum absolute atomic E-state index is 12.7. The molecule has 6 heteroatoms. The molecule has 3 rings (SSSR count). The predicted octanol–water partition coefficient (Wildman–Crippen LogP) is 2.07. The van der Waals surface area contributed by atoms with Gasteiger partial charge in [-0.15, -0.1) is 0 Å². The summed E-state index contributed by atoms with van der Waals surface area (Å²) in [6.07, 6.45) is 2.12. The fourth-order valence-corrected chi connectivity index (χ4v) is 3.52. The van der Waals surface area contributed by atoms with Crippen LogP contribution in [0.5, 0.6) is 0 Å². The number of nitrogens with zero attached hydrogens (tertiary/aromatic N) is 2. The first-order valence-electron chi connectivity index (χ1n) is 9.20. The third-order valence-corrected chi connectivity index (χ3v) is 5.02. The van der Waals surface area contributed by atoms with Crippen LogP contribution < -0.4 is 5.32 Å². The Kier molecular flexibility index (Phi) is 5.91. The van der Waals surface area contributed by atoms with E-state index >= 15 is 0 Å². The van der Waals surface area contributed by atoms with Crippen LogP contribution in [0.25, 0.3) is 0 Å². The number of amides is 2. The highest BCUT2D eigenvalue weighted by Gasteiger charge is 2.25. The molecule has 0 aliphatic carbocycles. The van der Waals surface area contributed by atoms with E-state index in [9.17, 15) is 9.59 Å². The summed E-state index contributed by atoms with van der Waals surface area (Å²) in [5.74, 6) is 0.586. The molecule has 0 bridgehead atoms. The molecule has 25 heavy (non-hydrogen) atoms. The third-order valence-electron chi connectivity index (χ3n) is 5.02. The number of hydrogen-bond donors (Lipinski definition) is 1. The van der Waals surface area contributed by atoms with Gasteiger partial charge in [0.05, 0.1) is 6.61 Å². The van der Waals surface area contributed by atoms with Gasteiger partial charge in [0.15, 0.2) is 0 Å². The van der Waals surface area contributed by atoms with Crippen molar-refractivity contribution in [1.82, 2.24) is 15.1 Å². The molecule has 0 aromatic heterocycles. The topological polar surface area (TPSA) is 61.9 Å². The van der Waals surface area contributed by atoms with Crippen LogP contribution in [0.1, 0.15) is 41.6 Å². The molecule has 2 fully saturated rings. The van der Waals surface area contributed by atoms with Crippen LogP contribution in [0.2, 0.25) is 0 Å². The van der Waals surface area contributed by atoms with E-state index in [1.165, 1.54) is 18.4 Å². The van der Waals surface area contributed by atoms with Gasteiger partial charge in [0.2, 0.25) is 0 Å². The molecule has 0 unspecified atom stereocenters. The van der Waals surface area contributed by atoms with Crippen LogP contribution in [-0.4, -0.2) is 67.7 Å². The number of benzene rings is 1. The second kappa shape index (κ2) is 8.34. The Morgan fingerprint density at radius 3 is 2.40 bits per heavy atom. The zero-order valence-electron chi connectivity index (χ0n) is 14.9. The number of rotatable bonds is 3. The number of piperazine rings is 1. The highest BCUT2D eigenvalue weighted by molar-refractivity contribution is 5.94. The Labute approximate surface area is 149 Å². The van der Waals surface area contributed by atoms with Crippen molar-refractivity contribution in [2.75, 3.05) is 45.9 Å². The van der Waals surface area contributed by atoms with Gasteiger partial charge in [-0.2, -0.15) is 0 Å². The van der Waals surface area contributed by atoms with Crippen molar-refractivity contribution in [2.24, 2.45) is 0 Å². The van der Waals surface area contributed by atoms with Gasteiger partial charge in [0.1, 0.15) is 0 Å². The summed E-state index contributed by atoms with van der Waals surface area (Å²) >= 11 is 0. The quantitative estimate of drug-likeness (QED) is 0.911. The van der Waals surface area contributed by atoms with Gasteiger partial charge in [0, 0.05) is 38.3 Å². The molecule has 0 radical (unpaired) electrons. The first-order valence-corrected chi connectivity index (χ1v) is 9.20. The molecule has 0 spiro atoms.